The average molecular weight is 651 g/mol. The summed E-state index contributed by atoms with van der Waals surface area (Å²) in [4.78, 5) is 30.7. The van der Waals surface area contributed by atoms with Gasteiger partial charge in [-0.15, -0.1) is 0 Å². The molecule has 248 valence electrons. The molecule has 2 atom stereocenters. The first-order valence-electron chi connectivity index (χ1n) is 16.1. The first-order valence-corrected chi connectivity index (χ1v) is 17.6. The highest BCUT2D eigenvalue weighted by molar-refractivity contribution is 7.87. The molecule has 3 aromatic rings. The molecule has 3 amide bonds. The smallest absolute Gasteiger partial charge is 0.317 e. The maximum atomic E-state index is 13.6. The Morgan fingerprint density at radius 1 is 1.00 bits per heavy atom. The number of amides is 3. The van der Waals surface area contributed by atoms with E-state index < -0.39 is 21.7 Å². The van der Waals surface area contributed by atoms with Crippen LogP contribution in [0.25, 0.3) is 22.2 Å². The summed E-state index contributed by atoms with van der Waals surface area (Å²) in [7, 11) is 6.28. The normalized spacial score (nSPS) is 20.9. The molecular formula is C34H46N6O5S. The van der Waals surface area contributed by atoms with Crippen LogP contribution in [0.3, 0.4) is 0 Å². The molecule has 2 heterocycles. The number of benzene rings is 2. The lowest BCUT2D eigenvalue weighted by Crippen LogP contribution is -2.48. The van der Waals surface area contributed by atoms with E-state index in [4.69, 9.17) is 4.74 Å². The van der Waals surface area contributed by atoms with E-state index in [2.05, 4.69) is 31.6 Å². The number of carbonyl (C=O) groups is 2. The van der Waals surface area contributed by atoms with Crippen molar-refractivity contribution >= 4 is 33.1 Å². The summed E-state index contributed by atoms with van der Waals surface area (Å²) in [6, 6.07) is 11.7. The molecule has 1 aliphatic heterocycles. The van der Waals surface area contributed by atoms with Gasteiger partial charge in [-0.3, -0.25) is 4.79 Å². The maximum absolute atomic E-state index is 13.6. The number of ether oxygens (including phenoxy) is 1. The van der Waals surface area contributed by atoms with Crippen molar-refractivity contribution in [2.75, 3.05) is 55.4 Å². The highest BCUT2D eigenvalue weighted by atomic mass is 32.2. The van der Waals surface area contributed by atoms with Crippen LogP contribution in [-0.2, 0) is 16.8 Å². The Morgan fingerprint density at radius 2 is 1.74 bits per heavy atom. The number of nitrogens with zero attached hydrogens (tertiary/aromatic N) is 4. The van der Waals surface area contributed by atoms with Gasteiger partial charge in [-0.05, 0) is 80.7 Å². The highest BCUT2D eigenvalue weighted by Crippen LogP contribution is 2.60. The fourth-order valence-electron chi connectivity index (χ4n) is 7.32. The van der Waals surface area contributed by atoms with E-state index in [1.807, 2.05) is 39.3 Å². The van der Waals surface area contributed by atoms with Crippen LogP contribution < -0.4 is 14.8 Å². The Labute approximate surface area is 272 Å². The molecule has 2 aromatic carbocycles. The second kappa shape index (κ2) is 12.2. The minimum Gasteiger partial charge on any atom is -0.497 e. The van der Waals surface area contributed by atoms with Gasteiger partial charge in [0.2, 0.25) is 0 Å². The fraction of sp³-hybridized carbons (Fsp3) is 0.529. The van der Waals surface area contributed by atoms with Crippen molar-refractivity contribution in [3.63, 3.8) is 0 Å². The Hall–Kier alpha value is -3.61. The lowest BCUT2D eigenvalue weighted by Gasteiger charge is -2.26. The third-order valence-electron chi connectivity index (χ3n) is 10.1. The molecule has 2 fully saturated rings. The van der Waals surface area contributed by atoms with Gasteiger partial charge in [0, 0.05) is 68.7 Å². The lowest BCUT2D eigenvalue weighted by molar-refractivity contribution is 0.0979. The van der Waals surface area contributed by atoms with Gasteiger partial charge in [0.05, 0.1) is 18.3 Å². The quantitative estimate of drug-likeness (QED) is 0.356. The van der Waals surface area contributed by atoms with Crippen molar-refractivity contribution in [2.45, 2.75) is 62.4 Å². The van der Waals surface area contributed by atoms with Gasteiger partial charge < -0.3 is 24.4 Å². The van der Waals surface area contributed by atoms with E-state index in [1.165, 1.54) is 26.1 Å². The van der Waals surface area contributed by atoms with Crippen molar-refractivity contribution < 1.29 is 22.7 Å². The van der Waals surface area contributed by atoms with E-state index in [-0.39, 0.29) is 17.5 Å². The number of hydrogen-bond acceptors (Lipinski definition) is 6. The van der Waals surface area contributed by atoms with E-state index >= 15 is 0 Å². The number of fused-ring (bicyclic) bond motifs is 7. The van der Waals surface area contributed by atoms with E-state index in [1.54, 1.807) is 18.1 Å². The summed E-state index contributed by atoms with van der Waals surface area (Å²) < 4.78 is 36.2. The van der Waals surface area contributed by atoms with Crippen LogP contribution in [0.15, 0.2) is 36.4 Å². The molecule has 3 aliphatic rings. The van der Waals surface area contributed by atoms with Gasteiger partial charge in [0.15, 0.2) is 0 Å². The molecule has 0 radical (unpaired) electrons. The first kappa shape index (κ1) is 32.3. The number of carbonyl (C=O) groups excluding carboxylic acids is 2. The molecule has 0 saturated heterocycles. The summed E-state index contributed by atoms with van der Waals surface area (Å²) in [5.74, 6) is 0.542. The summed E-state index contributed by atoms with van der Waals surface area (Å²) in [6.45, 7) is 1.88. The molecule has 2 aliphatic carbocycles. The van der Waals surface area contributed by atoms with Crippen molar-refractivity contribution in [3.8, 4) is 17.0 Å². The topological polar surface area (TPSA) is 116 Å². The third kappa shape index (κ3) is 5.86. The second-order valence-electron chi connectivity index (χ2n) is 13.7. The van der Waals surface area contributed by atoms with Crippen molar-refractivity contribution in [3.05, 3.63) is 53.1 Å². The summed E-state index contributed by atoms with van der Waals surface area (Å²) in [6.07, 6.45) is 6.50. The fourth-order valence-corrected chi connectivity index (χ4v) is 7.86. The minimum absolute atomic E-state index is 0.0923. The van der Waals surface area contributed by atoms with Crippen LogP contribution in [0.5, 0.6) is 5.75 Å². The summed E-state index contributed by atoms with van der Waals surface area (Å²) >= 11 is 0. The molecular weight excluding hydrogens is 604 g/mol. The number of rotatable bonds is 9. The zero-order valence-corrected chi connectivity index (χ0v) is 28.5. The van der Waals surface area contributed by atoms with Gasteiger partial charge in [-0.25, -0.2) is 9.52 Å². The molecule has 11 nitrogen and oxygen atoms in total. The molecule has 0 spiro atoms. The number of aromatic nitrogens is 1. The standard InChI is InChI=1S/C34H46N6O5S/c1-37(2)16-17-39(5)33(42)35-34-20-28(34)27-19-24(45-6)13-15-25(27)31-30(22-10-8-7-9-11-22)26-14-12-23(18-29(26)40(31)21-34)32(41)36-46(43,44)38(3)4/h12-15,18-19,22,28H,7-11,16-17,20-21H2,1-6H3,(H,35,42)(H,36,41). The summed E-state index contributed by atoms with van der Waals surface area (Å²) in [5.41, 5.74) is 5.29. The SMILES string of the molecule is COc1ccc2c(c1)C1CC1(NC(=O)N(C)CCN(C)C)Cn1c-2c(C2CCCCC2)c2ccc(C(=O)NS(=O)(=O)N(C)C)cc21. The van der Waals surface area contributed by atoms with E-state index in [9.17, 15) is 18.0 Å². The van der Waals surface area contributed by atoms with Gasteiger partial charge in [0.1, 0.15) is 5.75 Å². The Balaban J connectivity index is 1.51. The van der Waals surface area contributed by atoms with Crippen molar-refractivity contribution in [1.29, 1.82) is 0 Å². The second-order valence-corrected chi connectivity index (χ2v) is 15.5. The van der Waals surface area contributed by atoms with E-state index in [0.717, 1.165) is 76.4 Å². The van der Waals surface area contributed by atoms with Crippen LogP contribution in [0, 0.1) is 0 Å². The molecule has 6 rings (SSSR count). The Kier molecular flexibility index (Phi) is 8.58. The summed E-state index contributed by atoms with van der Waals surface area (Å²) in [5, 5.41) is 4.50. The highest BCUT2D eigenvalue weighted by Gasteiger charge is 2.59. The number of nitrogens with one attached hydrogen (secondary N) is 2. The molecule has 2 N–H and O–H groups in total. The lowest BCUT2D eigenvalue weighted by atomic mass is 9.81. The predicted molar refractivity (Wildman–Crippen MR) is 180 cm³/mol. The van der Waals surface area contributed by atoms with E-state index in [0.29, 0.717) is 19.0 Å². The van der Waals surface area contributed by atoms with Gasteiger partial charge in [0.25, 0.3) is 5.91 Å². The van der Waals surface area contributed by atoms with Crippen LogP contribution in [-0.4, -0.2) is 100 Å². The minimum atomic E-state index is -3.96. The monoisotopic (exact) mass is 650 g/mol. The molecule has 2 saturated carbocycles. The van der Waals surface area contributed by atoms with Crippen molar-refractivity contribution in [1.82, 2.24) is 28.7 Å². The largest absolute Gasteiger partial charge is 0.497 e. The van der Waals surface area contributed by atoms with Gasteiger partial charge >= 0.3 is 16.2 Å². The number of urea groups is 1. The van der Waals surface area contributed by atoms with Crippen LogP contribution in [0.2, 0.25) is 0 Å². The van der Waals surface area contributed by atoms with Gasteiger partial charge in [-0.2, -0.15) is 12.7 Å². The Morgan fingerprint density at radius 3 is 2.41 bits per heavy atom. The molecule has 46 heavy (non-hydrogen) atoms. The van der Waals surface area contributed by atoms with Crippen molar-refractivity contribution in [2.24, 2.45) is 0 Å². The molecule has 1 aromatic heterocycles. The number of likely N-dealkylation sites (N-methyl/N-ethyl adjacent to an activating group) is 2. The first-order chi connectivity index (χ1) is 21.8. The maximum Gasteiger partial charge on any atom is 0.317 e. The number of hydrogen-bond donors (Lipinski definition) is 2. The molecule has 12 heteroatoms. The van der Waals surface area contributed by atoms with Gasteiger partial charge in [-0.1, -0.05) is 25.3 Å². The Bertz CT molecular complexity index is 1780. The predicted octanol–water partition coefficient (Wildman–Crippen LogP) is 4.34. The van der Waals surface area contributed by atoms with Crippen LogP contribution >= 0.6 is 0 Å². The average Bonchev–Trinajstić information content (AvgIpc) is 3.66. The zero-order chi connectivity index (χ0) is 33.0. The molecule has 0 bridgehead atoms. The van der Waals surface area contributed by atoms with Crippen LogP contribution in [0.1, 0.15) is 71.8 Å². The van der Waals surface area contributed by atoms with Crippen LogP contribution in [0.4, 0.5) is 4.79 Å². The molecule has 2 unspecified atom stereocenters. The number of methoxy groups -OCH3 is 1. The third-order valence-corrected chi connectivity index (χ3v) is 11.5. The zero-order valence-electron chi connectivity index (χ0n) is 27.7.